The molecule has 16 heavy (non-hydrogen) atoms. The summed E-state index contributed by atoms with van der Waals surface area (Å²) in [5, 5.41) is 0.281. The van der Waals surface area contributed by atoms with Crippen LogP contribution in [0.2, 0.25) is 0 Å². The van der Waals surface area contributed by atoms with Gasteiger partial charge in [0, 0.05) is 10.3 Å². The van der Waals surface area contributed by atoms with E-state index in [9.17, 15) is 0 Å². The van der Waals surface area contributed by atoms with Crippen LogP contribution in [0, 0.1) is 5.41 Å². The SMILES string of the molecule is CC(C)(C)C(Cl)CCCSc1ccccc1. The summed E-state index contributed by atoms with van der Waals surface area (Å²) in [6.45, 7) is 6.61. The van der Waals surface area contributed by atoms with Crippen molar-refractivity contribution in [2.45, 2.75) is 43.9 Å². The largest absolute Gasteiger partial charge is 0.126 e. The van der Waals surface area contributed by atoms with Crippen LogP contribution < -0.4 is 0 Å². The number of hydrogen-bond donors (Lipinski definition) is 0. The summed E-state index contributed by atoms with van der Waals surface area (Å²) in [6.07, 6.45) is 2.29. The van der Waals surface area contributed by atoms with E-state index in [1.54, 1.807) is 0 Å². The lowest BCUT2D eigenvalue weighted by molar-refractivity contribution is 0.372. The second kappa shape index (κ2) is 6.56. The fraction of sp³-hybridized carbons (Fsp3) is 0.571. The molecule has 0 amide bonds. The molecule has 0 saturated carbocycles. The molecule has 0 aliphatic carbocycles. The van der Waals surface area contributed by atoms with Crippen molar-refractivity contribution in [3.8, 4) is 0 Å². The van der Waals surface area contributed by atoms with Crippen LogP contribution in [-0.4, -0.2) is 11.1 Å². The van der Waals surface area contributed by atoms with Gasteiger partial charge in [-0.3, -0.25) is 0 Å². The Labute approximate surface area is 109 Å². The van der Waals surface area contributed by atoms with Crippen molar-refractivity contribution < 1.29 is 0 Å². The molecule has 0 fully saturated rings. The first-order valence-corrected chi connectivity index (χ1v) is 7.24. The van der Waals surface area contributed by atoms with E-state index in [-0.39, 0.29) is 10.8 Å². The molecule has 0 aromatic heterocycles. The van der Waals surface area contributed by atoms with Crippen molar-refractivity contribution in [1.29, 1.82) is 0 Å². The van der Waals surface area contributed by atoms with E-state index in [1.807, 2.05) is 11.8 Å². The van der Waals surface area contributed by atoms with E-state index < -0.39 is 0 Å². The van der Waals surface area contributed by atoms with E-state index in [4.69, 9.17) is 11.6 Å². The van der Waals surface area contributed by atoms with Crippen LogP contribution in [0.1, 0.15) is 33.6 Å². The van der Waals surface area contributed by atoms with Gasteiger partial charge in [-0.1, -0.05) is 39.0 Å². The molecule has 0 bridgehead atoms. The zero-order valence-corrected chi connectivity index (χ0v) is 11.9. The maximum Gasteiger partial charge on any atom is 0.0384 e. The quantitative estimate of drug-likeness (QED) is 0.396. The molecule has 0 N–H and O–H groups in total. The fourth-order valence-electron chi connectivity index (χ4n) is 1.40. The number of halogens is 1. The summed E-state index contributed by atoms with van der Waals surface area (Å²) in [4.78, 5) is 1.35. The summed E-state index contributed by atoms with van der Waals surface area (Å²) in [5.74, 6) is 1.16. The lowest BCUT2D eigenvalue weighted by atomic mass is 9.89. The number of benzene rings is 1. The summed E-state index contributed by atoms with van der Waals surface area (Å²) < 4.78 is 0. The Kier molecular flexibility index (Phi) is 5.71. The third kappa shape index (κ3) is 5.27. The molecule has 0 saturated heterocycles. The first-order valence-electron chi connectivity index (χ1n) is 5.82. The van der Waals surface area contributed by atoms with Gasteiger partial charge in [-0.05, 0) is 36.1 Å². The molecule has 1 rings (SSSR count). The molecule has 90 valence electrons. The van der Waals surface area contributed by atoms with Gasteiger partial charge in [-0.15, -0.1) is 23.4 Å². The summed E-state index contributed by atoms with van der Waals surface area (Å²) in [7, 11) is 0. The lowest BCUT2D eigenvalue weighted by Crippen LogP contribution is -2.20. The van der Waals surface area contributed by atoms with Crippen molar-refractivity contribution in [3.05, 3.63) is 30.3 Å². The first kappa shape index (κ1) is 13.9. The van der Waals surface area contributed by atoms with Gasteiger partial charge < -0.3 is 0 Å². The summed E-state index contributed by atoms with van der Waals surface area (Å²) >= 11 is 8.24. The minimum atomic E-state index is 0.221. The second-order valence-corrected chi connectivity index (χ2v) is 6.83. The molecule has 1 unspecified atom stereocenters. The van der Waals surface area contributed by atoms with Crippen molar-refractivity contribution >= 4 is 23.4 Å². The van der Waals surface area contributed by atoms with Gasteiger partial charge in [0.1, 0.15) is 0 Å². The molecule has 0 aliphatic rings. The van der Waals surface area contributed by atoms with E-state index in [1.165, 1.54) is 11.3 Å². The maximum absolute atomic E-state index is 6.33. The number of thioether (sulfide) groups is 1. The second-order valence-electron chi connectivity index (χ2n) is 5.14. The molecule has 0 radical (unpaired) electrons. The Morgan fingerprint density at radius 2 is 1.81 bits per heavy atom. The highest BCUT2D eigenvalue weighted by Crippen LogP contribution is 2.29. The van der Waals surface area contributed by atoms with Crippen LogP contribution in [0.15, 0.2) is 35.2 Å². The van der Waals surface area contributed by atoms with Crippen molar-refractivity contribution in [3.63, 3.8) is 0 Å². The van der Waals surface area contributed by atoms with Crippen LogP contribution >= 0.6 is 23.4 Å². The molecular formula is C14H21ClS. The van der Waals surface area contributed by atoms with Crippen LogP contribution in [0.3, 0.4) is 0 Å². The predicted octanol–water partition coefficient (Wildman–Crippen LogP) is 5.21. The zero-order valence-electron chi connectivity index (χ0n) is 10.4. The van der Waals surface area contributed by atoms with E-state index >= 15 is 0 Å². The average Bonchev–Trinajstić information content (AvgIpc) is 2.24. The molecule has 1 aromatic carbocycles. The molecule has 0 heterocycles. The van der Waals surface area contributed by atoms with Gasteiger partial charge in [0.2, 0.25) is 0 Å². The Bertz CT molecular complexity index is 289. The number of rotatable bonds is 5. The Hall–Kier alpha value is -0.140. The number of hydrogen-bond acceptors (Lipinski definition) is 1. The molecule has 0 spiro atoms. The minimum absolute atomic E-state index is 0.221. The predicted molar refractivity (Wildman–Crippen MR) is 75.5 cm³/mol. The molecule has 2 heteroatoms. The molecule has 1 atom stereocenters. The van der Waals surface area contributed by atoms with Crippen molar-refractivity contribution in [2.24, 2.45) is 5.41 Å². The highest BCUT2D eigenvalue weighted by atomic mass is 35.5. The topological polar surface area (TPSA) is 0 Å². The van der Waals surface area contributed by atoms with E-state index in [2.05, 4.69) is 51.1 Å². The molecule has 1 aromatic rings. The van der Waals surface area contributed by atoms with Gasteiger partial charge in [0.15, 0.2) is 0 Å². The third-order valence-corrected chi connectivity index (χ3v) is 4.52. The van der Waals surface area contributed by atoms with Crippen molar-refractivity contribution in [1.82, 2.24) is 0 Å². The first-order chi connectivity index (χ1) is 7.50. The minimum Gasteiger partial charge on any atom is -0.126 e. The van der Waals surface area contributed by atoms with E-state index in [0.29, 0.717) is 0 Å². The highest BCUT2D eigenvalue weighted by molar-refractivity contribution is 7.99. The number of alkyl halides is 1. The van der Waals surface area contributed by atoms with Crippen LogP contribution in [0.25, 0.3) is 0 Å². The Balaban J connectivity index is 2.18. The van der Waals surface area contributed by atoms with Gasteiger partial charge in [-0.2, -0.15) is 0 Å². The van der Waals surface area contributed by atoms with Crippen LogP contribution in [0.4, 0.5) is 0 Å². The van der Waals surface area contributed by atoms with Gasteiger partial charge in [0.25, 0.3) is 0 Å². The average molecular weight is 257 g/mol. The molecule has 0 nitrogen and oxygen atoms in total. The monoisotopic (exact) mass is 256 g/mol. The summed E-state index contributed by atoms with van der Waals surface area (Å²) in [5.41, 5.74) is 0.221. The maximum atomic E-state index is 6.33. The standard InChI is InChI=1S/C14H21ClS/c1-14(2,3)13(15)10-7-11-16-12-8-5-4-6-9-12/h4-6,8-9,13H,7,10-11H2,1-3H3. The highest BCUT2D eigenvalue weighted by Gasteiger charge is 2.21. The normalized spacial score (nSPS) is 13.8. The molecule has 0 aliphatic heterocycles. The molecular weight excluding hydrogens is 236 g/mol. The lowest BCUT2D eigenvalue weighted by Gasteiger charge is -2.24. The van der Waals surface area contributed by atoms with Gasteiger partial charge >= 0.3 is 0 Å². The van der Waals surface area contributed by atoms with Crippen LogP contribution in [-0.2, 0) is 0 Å². The Morgan fingerprint density at radius 1 is 1.19 bits per heavy atom. The fourth-order valence-corrected chi connectivity index (χ4v) is 2.45. The van der Waals surface area contributed by atoms with Gasteiger partial charge in [0.05, 0.1) is 0 Å². The van der Waals surface area contributed by atoms with Gasteiger partial charge in [-0.25, -0.2) is 0 Å². The van der Waals surface area contributed by atoms with Crippen molar-refractivity contribution in [2.75, 3.05) is 5.75 Å². The third-order valence-electron chi connectivity index (χ3n) is 2.55. The smallest absolute Gasteiger partial charge is 0.0384 e. The van der Waals surface area contributed by atoms with Crippen LogP contribution in [0.5, 0.6) is 0 Å². The van der Waals surface area contributed by atoms with E-state index in [0.717, 1.165) is 12.2 Å². The Morgan fingerprint density at radius 3 is 2.38 bits per heavy atom. The summed E-state index contributed by atoms with van der Waals surface area (Å²) in [6, 6.07) is 10.5. The zero-order chi connectivity index (χ0) is 12.0.